The van der Waals surface area contributed by atoms with Gasteiger partial charge in [-0.2, -0.15) is 4.31 Å². The average molecular weight is 556 g/mol. The molecule has 2 N–H and O–H groups in total. The zero-order valence-corrected chi connectivity index (χ0v) is 21.7. The molecule has 2 fully saturated rings. The van der Waals surface area contributed by atoms with Crippen molar-refractivity contribution in [2.24, 2.45) is 11.8 Å². The second kappa shape index (κ2) is 12.6. The summed E-state index contributed by atoms with van der Waals surface area (Å²) < 4.78 is 118. The van der Waals surface area contributed by atoms with Crippen LogP contribution in [0.25, 0.3) is 0 Å². The van der Waals surface area contributed by atoms with Gasteiger partial charge in [0.2, 0.25) is 10.0 Å². The minimum absolute atomic E-state index is 0.0628. The van der Waals surface area contributed by atoms with E-state index < -0.39 is 78.2 Å². The number of nitrogens with one attached hydrogen (secondary N) is 1. The Labute approximate surface area is 237 Å². The number of aryl methyl sites for hydroxylation is 1. The van der Waals surface area contributed by atoms with E-state index in [-0.39, 0.29) is 23.3 Å². The highest BCUT2D eigenvalue weighted by Gasteiger charge is 2.44. The maximum absolute atomic E-state index is 14.1. The number of sulfonamides is 1. The van der Waals surface area contributed by atoms with Crippen LogP contribution < -0.4 is 5.32 Å². The molecule has 10 heteroatoms. The zero-order valence-electron chi connectivity index (χ0n) is 29.9. The van der Waals surface area contributed by atoms with E-state index in [1.165, 1.54) is 12.1 Å². The van der Waals surface area contributed by atoms with Gasteiger partial charge < -0.3 is 24.6 Å². The summed E-state index contributed by atoms with van der Waals surface area (Å²) >= 11 is 0. The summed E-state index contributed by atoms with van der Waals surface area (Å²) in [4.78, 5) is 12.6. The number of rotatable bonds is 11. The van der Waals surface area contributed by atoms with Crippen molar-refractivity contribution in [2.45, 2.75) is 62.9 Å². The number of benzene rings is 2. The average Bonchev–Trinajstić information content (AvgIpc) is 3.59. The van der Waals surface area contributed by atoms with Crippen molar-refractivity contribution in [2.75, 3.05) is 26.3 Å². The van der Waals surface area contributed by atoms with Crippen molar-refractivity contribution in [1.82, 2.24) is 9.62 Å². The van der Waals surface area contributed by atoms with Gasteiger partial charge in [0.1, 0.15) is 6.10 Å². The van der Waals surface area contributed by atoms with E-state index in [0.29, 0.717) is 24.2 Å². The Balaban J connectivity index is 1.73. The smallest absolute Gasteiger partial charge is 0.407 e. The fourth-order valence-electron chi connectivity index (χ4n) is 4.48. The van der Waals surface area contributed by atoms with Crippen molar-refractivity contribution in [3.8, 4) is 0 Å². The molecule has 0 radical (unpaired) electrons. The van der Waals surface area contributed by atoms with Gasteiger partial charge in [0.05, 0.1) is 36.2 Å². The number of aliphatic hydroxyl groups excluding tert-OH is 1. The minimum atomic E-state index is -5.13. The van der Waals surface area contributed by atoms with Crippen LogP contribution in [-0.2, 0) is 30.7 Å². The number of hydrogen-bond acceptors (Lipinski definition) is 7. The molecule has 2 aliphatic rings. The Morgan fingerprint density at radius 3 is 2.68 bits per heavy atom. The summed E-state index contributed by atoms with van der Waals surface area (Å²) in [6.07, 6.45) is -3.71. The quantitative estimate of drug-likeness (QED) is 0.438. The lowest BCUT2D eigenvalue weighted by atomic mass is 10.0. The third-order valence-electron chi connectivity index (χ3n) is 6.51. The maximum atomic E-state index is 14.1. The Hall–Kier alpha value is -2.50. The molecule has 2 aromatic carbocycles. The first kappa shape index (κ1) is 18.7. The van der Waals surface area contributed by atoms with E-state index in [4.69, 9.17) is 26.5 Å². The fourth-order valence-corrected chi connectivity index (χ4v) is 5.78. The van der Waals surface area contributed by atoms with Gasteiger partial charge in [-0.1, -0.05) is 61.7 Å². The lowest BCUT2D eigenvalue weighted by molar-refractivity contribution is -0.0907. The number of carbonyl (C=O) groups is 1. The Bertz CT molecular complexity index is 1480. The van der Waals surface area contributed by atoms with Gasteiger partial charge in [-0.15, -0.1) is 0 Å². The van der Waals surface area contributed by atoms with Gasteiger partial charge in [-0.05, 0) is 43.4 Å². The SMILES string of the molecule is [2H]C([2H])([2H])C([2H])(C([2H])([2H])[2H])C([2H])([2H])N(C[C@@H](O)[C@H](Cc1ccccc1)NC(=O)O[C@H]1CO[C@H]2OCC[C@H]21)S(=O)(=O)c1ccc(C)cc1. The molecular weight excluding hydrogens is 508 g/mol. The van der Waals surface area contributed by atoms with Gasteiger partial charge >= 0.3 is 6.09 Å². The summed E-state index contributed by atoms with van der Waals surface area (Å²) in [5.74, 6) is -4.24. The molecule has 0 unspecified atom stereocenters. The molecule has 1 amide bonds. The number of nitrogens with zero attached hydrogens (tertiary/aromatic N) is 1. The van der Waals surface area contributed by atoms with Gasteiger partial charge in [0.15, 0.2) is 6.29 Å². The Morgan fingerprint density at radius 1 is 1.24 bits per heavy atom. The predicted octanol–water partition coefficient (Wildman–Crippen LogP) is 3.10. The van der Waals surface area contributed by atoms with Crippen LogP contribution in [0, 0.1) is 18.7 Å². The topological polar surface area (TPSA) is 114 Å². The number of carbonyl (C=O) groups excluding carboxylic acids is 1. The lowest BCUT2D eigenvalue weighted by Gasteiger charge is -2.31. The minimum Gasteiger partial charge on any atom is -0.443 e. The number of fused-ring (bicyclic) bond motifs is 1. The molecule has 208 valence electrons. The van der Waals surface area contributed by atoms with E-state index in [1.807, 2.05) is 0 Å². The monoisotopic (exact) mass is 555 g/mol. The molecule has 38 heavy (non-hydrogen) atoms. The molecule has 9 nitrogen and oxygen atoms in total. The number of amides is 1. The van der Waals surface area contributed by atoms with Crippen LogP contribution in [0.5, 0.6) is 0 Å². The molecule has 0 spiro atoms. The molecular formula is C28H38N2O7S. The van der Waals surface area contributed by atoms with Gasteiger partial charge in [0, 0.05) is 25.4 Å². The Morgan fingerprint density at radius 2 is 1.97 bits per heavy atom. The lowest BCUT2D eigenvalue weighted by Crippen LogP contribution is -2.51. The summed E-state index contributed by atoms with van der Waals surface area (Å²) in [7, 11) is -5.13. The van der Waals surface area contributed by atoms with E-state index in [9.17, 15) is 18.3 Å². The van der Waals surface area contributed by atoms with Crippen LogP contribution in [-0.4, -0.2) is 74.7 Å². The summed E-state index contributed by atoms with van der Waals surface area (Å²) in [5.41, 5.74) is 1.20. The largest absolute Gasteiger partial charge is 0.443 e. The number of ether oxygens (including phenoxy) is 3. The second-order valence-electron chi connectivity index (χ2n) is 9.31. The van der Waals surface area contributed by atoms with Crippen molar-refractivity contribution in [3.05, 3.63) is 65.7 Å². The van der Waals surface area contributed by atoms with E-state index in [2.05, 4.69) is 5.32 Å². The van der Waals surface area contributed by atoms with Crippen molar-refractivity contribution >= 4 is 16.1 Å². The van der Waals surface area contributed by atoms with E-state index in [1.54, 1.807) is 37.3 Å². The standard InChI is InChI=1S/C28H38N2O7S/c1-19(2)16-30(38(33,34)22-11-9-20(3)10-12-22)17-25(31)24(15-21-7-5-4-6-8-21)29-28(32)37-26-18-36-27-23(26)13-14-35-27/h4-12,19,23-27,31H,13-18H2,1-3H3,(H,29,32)/t23-,24-,25+,26-,27+/m0/s1/i1D3,2D3,16D2,19D. The highest BCUT2D eigenvalue weighted by atomic mass is 32.2. The molecule has 0 aromatic heterocycles. The molecule has 4 rings (SSSR count). The van der Waals surface area contributed by atoms with Crippen LogP contribution in [0.3, 0.4) is 0 Å². The van der Waals surface area contributed by atoms with Crippen molar-refractivity contribution in [3.63, 3.8) is 0 Å². The number of aliphatic hydroxyl groups is 1. The highest BCUT2D eigenvalue weighted by Crippen LogP contribution is 2.33. The second-order valence-corrected chi connectivity index (χ2v) is 11.2. The third-order valence-corrected chi connectivity index (χ3v) is 8.20. The van der Waals surface area contributed by atoms with Gasteiger partial charge in [0.25, 0.3) is 0 Å². The first-order valence-corrected chi connectivity index (χ1v) is 13.7. The zero-order chi connectivity index (χ0) is 35.0. The molecule has 2 aromatic rings. The van der Waals surface area contributed by atoms with Crippen LogP contribution in [0.1, 0.15) is 43.6 Å². The summed E-state index contributed by atoms with van der Waals surface area (Å²) in [6.45, 7) is -10.8. The molecule has 2 heterocycles. The van der Waals surface area contributed by atoms with E-state index >= 15 is 0 Å². The molecule has 0 saturated carbocycles. The van der Waals surface area contributed by atoms with Crippen LogP contribution in [0.15, 0.2) is 59.5 Å². The van der Waals surface area contributed by atoms with Gasteiger partial charge in [-0.3, -0.25) is 0 Å². The molecule has 5 atom stereocenters. The Kier molecular flexibility index (Phi) is 6.19. The maximum Gasteiger partial charge on any atom is 0.407 e. The normalized spacial score (nSPS) is 27.7. The number of hydrogen-bond donors (Lipinski definition) is 2. The molecule has 2 aliphatic heterocycles. The summed E-state index contributed by atoms with van der Waals surface area (Å²) in [6, 6.07) is 12.0. The van der Waals surface area contributed by atoms with Gasteiger partial charge in [-0.25, -0.2) is 13.2 Å². The predicted molar refractivity (Wildman–Crippen MR) is 142 cm³/mol. The molecule has 0 bridgehead atoms. The van der Waals surface area contributed by atoms with E-state index in [0.717, 1.165) is 12.1 Å². The third kappa shape index (κ3) is 7.12. The first-order valence-electron chi connectivity index (χ1n) is 16.7. The molecule has 2 saturated heterocycles. The van der Waals surface area contributed by atoms with Crippen LogP contribution >= 0.6 is 0 Å². The summed E-state index contributed by atoms with van der Waals surface area (Å²) in [5, 5.41) is 14.1. The van der Waals surface area contributed by atoms with Crippen molar-refractivity contribution < 1.29 is 44.9 Å². The van der Waals surface area contributed by atoms with Crippen LogP contribution in [0.2, 0.25) is 0 Å². The molecule has 0 aliphatic carbocycles. The first-order chi connectivity index (χ1) is 21.7. The number of alkyl carbamates (subject to hydrolysis) is 1. The van der Waals surface area contributed by atoms with Crippen LogP contribution in [0.4, 0.5) is 4.79 Å². The fraction of sp³-hybridized carbons (Fsp3) is 0.536. The van der Waals surface area contributed by atoms with Crippen molar-refractivity contribution in [1.29, 1.82) is 0 Å². The highest BCUT2D eigenvalue weighted by molar-refractivity contribution is 7.89.